The molecule has 1 aromatic heterocycles. The van der Waals surface area contributed by atoms with Crippen LogP contribution in [0.3, 0.4) is 0 Å². The van der Waals surface area contributed by atoms with Gasteiger partial charge in [0, 0.05) is 0 Å². The van der Waals surface area contributed by atoms with Crippen LogP contribution in [0, 0.1) is 18.3 Å². The number of pyridine rings is 1. The number of rotatable bonds is 0. The van der Waals surface area contributed by atoms with Crippen LogP contribution in [0.1, 0.15) is 16.8 Å². The monoisotopic (exact) mass is 201 g/mol. The van der Waals surface area contributed by atoms with Crippen molar-refractivity contribution in [2.24, 2.45) is 0 Å². The highest BCUT2D eigenvalue weighted by Gasteiger charge is 2.33. The number of halogens is 3. The summed E-state index contributed by atoms with van der Waals surface area (Å²) in [5.74, 6) is -0.389. The number of aryl methyl sites for hydroxylation is 1. The molecule has 0 aliphatic carbocycles. The molecule has 6 heteroatoms. The van der Waals surface area contributed by atoms with Crippen molar-refractivity contribution in [3.8, 4) is 6.07 Å². The van der Waals surface area contributed by atoms with Crippen LogP contribution in [0.4, 0.5) is 19.0 Å². The van der Waals surface area contributed by atoms with Crippen molar-refractivity contribution in [1.82, 2.24) is 4.98 Å². The molecule has 1 aromatic rings. The molecule has 0 spiro atoms. The lowest BCUT2D eigenvalue weighted by Crippen LogP contribution is -2.11. The molecule has 1 heterocycles. The zero-order valence-corrected chi connectivity index (χ0v) is 7.18. The Kier molecular flexibility index (Phi) is 2.34. The zero-order chi connectivity index (χ0) is 10.9. The van der Waals surface area contributed by atoms with E-state index in [1.165, 1.54) is 6.92 Å². The minimum absolute atomic E-state index is 0.0157. The Bertz CT molecular complexity index is 380. The average molecular weight is 201 g/mol. The molecule has 14 heavy (non-hydrogen) atoms. The summed E-state index contributed by atoms with van der Waals surface area (Å²) in [4.78, 5) is 3.11. The van der Waals surface area contributed by atoms with Crippen molar-refractivity contribution in [3.63, 3.8) is 0 Å². The number of aromatic nitrogens is 1. The zero-order valence-electron chi connectivity index (χ0n) is 7.18. The maximum atomic E-state index is 12.2. The van der Waals surface area contributed by atoms with Gasteiger partial charge in [0.2, 0.25) is 0 Å². The fraction of sp³-hybridized carbons (Fsp3) is 0.250. The van der Waals surface area contributed by atoms with E-state index in [1.807, 2.05) is 0 Å². The third kappa shape index (κ3) is 1.76. The first kappa shape index (κ1) is 10.3. The van der Waals surface area contributed by atoms with Gasteiger partial charge < -0.3 is 5.73 Å². The third-order valence-electron chi connectivity index (χ3n) is 1.65. The second kappa shape index (κ2) is 3.18. The van der Waals surface area contributed by atoms with Gasteiger partial charge >= 0.3 is 6.18 Å². The highest BCUT2D eigenvalue weighted by molar-refractivity contribution is 5.53. The minimum Gasteiger partial charge on any atom is -0.383 e. The van der Waals surface area contributed by atoms with E-state index in [1.54, 1.807) is 6.07 Å². The van der Waals surface area contributed by atoms with Crippen molar-refractivity contribution in [1.29, 1.82) is 5.26 Å². The molecule has 0 aromatic carbocycles. The number of alkyl halides is 3. The van der Waals surface area contributed by atoms with Crippen molar-refractivity contribution >= 4 is 5.82 Å². The summed E-state index contributed by atoms with van der Waals surface area (Å²) < 4.78 is 36.5. The Morgan fingerprint density at radius 2 is 2.07 bits per heavy atom. The summed E-state index contributed by atoms with van der Waals surface area (Å²) in [6, 6.07) is 2.49. The summed E-state index contributed by atoms with van der Waals surface area (Å²) in [7, 11) is 0. The largest absolute Gasteiger partial charge is 0.433 e. The maximum Gasteiger partial charge on any atom is 0.433 e. The standard InChI is InChI=1S/C8H6F3N3/c1-4-2-6(8(9,10)11)14-7(13)5(4)3-12/h2H,1H3,(H2,13,14). The van der Waals surface area contributed by atoms with E-state index in [2.05, 4.69) is 4.98 Å². The highest BCUT2D eigenvalue weighted by atomic mass is 19.4. The van der Waals surface area contributed by atoms with E-state index in [0.29, 0.717) is 0 Å². The van der Waals surface area contributed by atoms with E-state index < -0.39 is 11.9 Å². The molecule has 0 radical (unpaired) electrons. The predicted octanol–water partition coefficient (Wildman–Crippen LogP) is 1.86. The van der Waals surface area contributed by atoms with Gasteiger partial charge in [-0.1, -0.05) is 0 Å². The molecule has 74 valence electrons. The Morgan fingerprint density at radius 3 is 2.43 bits per heavy atom. The number of nitrogens with zero attached hydrogens (tertiary/aromatic N) is 2. The van der Waals surface area contributed by atoms with Gasteiger partial charge in [-0.2, -0.15) is 18.4 Å². The Labute approximate surface area is 78.0 Å². The molecule has 2 N–H and O–H groups in total. The Morgan fingerprint density at radius 1 is 1.50 bits per heavy atom. The minimum atomic E-state index is -4.53. The lowest BCUT2D eigenvalue weighted by Gasteiger charge is -2.08. The number of hydrogen-bond acceptors (Lipinski definition) is 3. The van der Waals surface area contributed by atoms with Crippen LogP contribution in [-0.2, 0) is 6.18 Å². The van der Waals surface area contributed by atoms with Gasteiger partial charge in [-0.3, -0.25) is 0 Å². The second-order valence-electron chi connectivity index (χ2n) is 2.69. The Hall–Kier alpha value is -1.77. The van der Waals surface area contributed by atoms with Crippen LogP contribution in [0.5, 0.6) is 0 Å². The van der Waals surface area contributed by atoms with E-state index >= 15 is 0 Å². The first-order valence-corrected chi connectivity index (χ1v) is 3.60. The van der Waals surface area contributed by atoms with Gasteiger partial charge in [0.1, 0.15) is 17.6 Å². The lowest BCUT2D eigenvalue weighted by atomic mass is 10.1. The van der Waals surface area contributed by atoms with Crippen LogP contribution in [0.25, 0.3) is 0 Å². The molecule has 0 atom stereocenters. The van der Waals surface area contributed by atoms with Gasteiger partial charge in [0.25, 0.3) is 0 Å². The smallest absolute Gasteiger partial charge is 0.383 e. The number of anilines is 1. The topological polar surface area (TPSA) is 62.7 Å². The van der Waals surface area contributed by atoms with E-state index in [4.69, 9.17) is 11.0 Å². The predicted molar refractivity (Wildman–Crippen MR) is 43.1 cm³/mol. The second-order valence-corrected chi connectivity index (χ2v) is 2.69. The first-order valence-electron chi connectivity index (χ1n) is 3.60. The summed E-state index contributed by atoms with van der Waals surface area (Å²) in [5.41, 5.74) is 4.28. The van der Waals surface area contributed by atoms with E-state index in [-0.39, 0.29) is 16.9 Å². The SMILES string of the molecule is Cc1cc(C(F)(F)F)nc(N)c1C#N. The Balaban J connectivity index is 3.37. The molecule has 0 aliphatic rings. The van der Waals surface area contributed by atoms with Crippen molar-refractivity contribution in [2.75, 3.05) is 5.73 Å². The van der Waals surface area contributed by atoms with Crippen molar-refractivity contribution in [3.05, 3.63) is 22.9 Å². The van der Waals surface area contributed by atoms with Crippen LogP contribution in [0.15, 0.2) is 6.07 Å². The molecular formula is C8H6F3N3. The number of nitrogen functional groups attached to an aromatic ring is 1. The summed E-state index contributed by atoms with van der Waals surface area (Å²) >= 11 is 0. The molecule has 0 saturated carbocycles. The molecule has 0 unspecified atom stereocenters. The average Bonchev–Trinajstić information content (AvgIpc) is 2.01. The quantitative estimate of drug-likeness (QED) is 0.696. The van der Waals surface area contributed by atoms with Crippen molar-refractivity contribution in [2.45, 2.75) is 13.1 Å². The number of hydrogen-bond donors (Lipinski definition) is 1. The molecule has 0 saturated heterocycles. The molecular weight excluding hydrogens is 195 g/mol. The van der Waals surface area contributed by atoms with Gasteiger partial charge in [0.15, 0.2) is 0 Å². The molecule has 0 amide bonds. The first-order chi connectivity index (χ1) is 6.36. The molecule has 3 nitrogen and oxygen atoms in total. The van der Waals surface area contributed by atoms with E-state index in [9.17, 15) is 13.2 Å². The summed E-state index contributed by atoms with van der Waals surface area (Å²) in [5, 5.41) is 8.54. The molecule has 0 fully saturated rings. The highest BCUT2D eigenvalue weighted by Crippen LogP contribution is 2.30. The van der Waals surface area contributed by atoms with Gasteiger partial charge in [-0.05, 0) is 18.6 Å². The van der Waals surface area contributed by atoms with Gasteiger partial charge in [0.05, 0.1) is 5.56 Å². The van der Waals surface area contributed by atoms with E-state index in [0.717, 1.165) is 6.07 Å². The summed E-state index contributed by atoms with van der Waals surface area (Å²) in [6.45, 7) is 1.38. The van der Waals surface area contributed by atoms with Crippen LogP contribution in [-0.4, -0.2) is 4.98 Å². The fourth-order valence-electron chi connectivity index (χ4n) is 0.988. The third-order valence-corrected chi connectivity index (χ3v) is 1.65. The molecule has 0 bridgehead atoms. The van der Waals surface area contributed by atoms with Crippen LogP contribution < -0.4 is 5.73 Å². The number of nitriles is 1. The molecule has 1 rings (SSSR count). The summed E-state index contributed by atoms with van der Waals surface area (Å²) in [6.07, 6.45) is -4.53. The van der Waals surface area contributed by atoms with Crippen LogP contribution >= 0.6 is 0 Å². The lowest BCUT2D eigenvalue weighted by molar-refractivity contribution is -0.141. The number of nitrogens with two attached hydrogens (primary N) is 1. The van der Waals surface area contributed by atoms with Crippen molar-refractivity contribution < 1.29 is 13.2 Å². The van der Waals surface area contributed by atoms with Gasteiger partial charge in [-0.25, -0.2) is 4.98 Å². The molecule has 0 aliphatic heterocycles. The maximum absolute atomic E-state index is 12.2. The normalized spacial score (nSPS) is 11.1. The van der Waals surface area contributed by atoms with Crippen LogP contribution in [0.2, 0.25) is 0 Å². The van der Waals surface area contributed by atoms with Gasteiger partial charge in [-0.15, -0.1) is 0 Å². The fourth-order valence-corrected chi connectivity index (χ4v) is 0.988.